The average Bonchev–Trinajstić information content (AvgIpc) is 3.88. The average molecular weight is 700 g/mol. The fourth-order valence-electron chi connectivity index (χ4n) is 8.76. The predicted molar refractivity (Wildman–Crippen MR) is 226 cm³/mol. The summed E-state index contributed by atoms with van der Waals surface area (Å²) in [6, 6.07) is 63.9. The Morgan fingerprint density at radius 3 is 1.53 bits per heavy atom. The minimum Gasteiger partial charge on any atom is -0.309 e. The molecule has 3 aromatic heterocycles. The zero-order chi connectivity index (χ0) is 36.6. The molecule has 0 spiro atoms. The normalized spacial score (nSPS) is 11.6. The lowest BCUT2D eigenvalue weighted by Gasteiger charge is -2.19. The van der Waals surface area contributed by atoms with E-state index in [-0.39, 0.29) is 0 Å². The summed E-state index contributed by atoms with van der Waals surface area (Å²) in [6.45, 7) is 8.05. The summed E-state index contributed by atoms with van der Waals surface area (Å²) in [7, 11) is 0. The van der Waals surface area contributed by atoms with E-state index < -0.39 is 0 Å². The Hall–Kier alpha value is -7.86. The topological polar surface area (TPSA) is 42.9 Å². The Labute approximate surface area is 316 Å². The maximum Gasteiger partial charge on any atom is 0.206 e. The number of hydrogen-bond donors (Lipinski definition) is 0. The van der Waals surface area contributed by atoms with Crippen LogP contribution in [0.25, 0.3) is 98.5 Å². The highest BCUT2D eigenvalue weighted by Crippen LogP contribution is 2.43. The van der Waals surface area contributed by atoms with Gasteiger partial charge in [-0.1, -0.05) is 115 Å². The van der Waals surface area contributed by atoms with E-state index in [0.29, 0.717) is 16.9 Å². The van der Waals surface area contributed by atoms with Crippen LogP contribution >= 0.6 is 0 Å². The van der Waals surface area contributed by atoms with Crippen molar-refractivity contribution >= 4 is 71.1 Å². The minimum atomic E-state index is 0.328. The molecule has 5 heteroatoms. The molecule has 11 aromatic rings. The van der Waals surface area contributed by atoms with Crippen molar-refractivity contribution in [2.75, 3.05) is 0 Å². The van der Waals surface area contributed by atoms with Gasteiger partial charge in [0.15, 0.2) is 0 Å². The van der Waals surface area contributed by atoms with E-state index in [1.54, 1.807) is 6.07 Å². The van der Waals surface area contributed by atoms with Gasteiger partial charge >= 0.3 is 0 Å². The molecule has 55 heavy (non-hydrogen) atoms. The second-order valence-corrected chi connectivity index (χ2v) is 13.9. The van der Waals surface area contributed by atoms with Gasteiger partial charge < -0.3 is 13.7 Å². The van der Waals surface area contributed by atoms with E-state index in [1.807, 2.05) is 30.3 Å². The van der Waals surface area contributed by atoms with E-state index in [1.165, 1.54) is 16.3 Å². The van der Waals surface area contributed by atoms with Gasteiger partial charge in [-0.25, -0.2) is 4.85 Å². The van der Waals surface area contributed by atoms with Crippen LogP contribution in [0, 0.1) is 17.9 Å². The van der Waals surface area contributed by atoms with E-state index in [2.05, 4.69) is 164 Å². The monoisotopic (exact) mass is 699 g/mol. The van der Waals surface area contributed by atoms with E-state index in [4.69, 9.17) is 6.57 Å². The van der Waals surface area contributed by atoms with Gasteiger partial charge in [-0.05, 0) is 71.8 Å². The van der Waals surface area contributed by atoms with E-state index >= 15 is 0 Å². The van der Waals surface area contributed by atoms with E-state index in [0.717, 1.165) is 71.6 Å². The number of para-hydroxylation sites is 5. The molecule has 3 heterocycles. The molecule has 0 saturated heterocycles. The summed E-state index contributed by atoms with van der Waals surface area (Å²) >= 11 is 0. The molecule has 8 aromatic carbocycles. The standard InChI is InChI=1S/C50H29N5/c1-52-42-26-28-48(50(41(42)31-51)55-45-21-11-6-15-35(45)36-16-7-12-22-46(36)55)54-44-20-10-8-18-38(44)40-29-32(24-27-47(40)54)33-23-25-39-37-17-5-9-19-43(37)53(49(39)30-33)34-13-3-2-4-14-34/h2-30H. The van der Waals surface area contributed by atoms with Crippen molar-refractivity contribution in [3.05, 3.63) is 193 Å². The summed E-state index contributed by atoms with van der Waals surface area (Å²) in [4.78, 5) is 3.83. The molecule has 0 fully saturated rings. The van der Waals surface area contributed by atoms with Crippen molar-refractivity contribution in [1.29, 1.82) is 5.26 Å². The number of aromatic nitrogens is 3. The van der Waals surface area contributed by atoms with Crippen LogP contribution in [0.5, 0.6) is 0 Å². The Morgan fingerprint density at radius 1 is 0.418 bits per heavy atom. The van der Waals surface area contributed by atoms with Crippen LogP contribution in [-0.4, -0.2) is 13.7 Å². The largest absolute Gasteiger partial charge is 0.309 e. The smallest absolute Gasteiger partial charge is 0.206 e. The van der Waals surface area contributed by atoms with Crippen LogP contribution in [-0.2, 0) is 0 Å². The highest BCUT2D eigenvalue weighted by atomic mass is 15.1. The van der Waals surface area contributed by atoms with Crippen LogP contribution in [0.2, 0.25) is 0 Å². The molecule has 0 atom stereocenters. The fraction of sp³-hybridized carbons (Fsp3) is 0. The molecule has 0 saturated carbocycles. The quantitative estimate of drug-likeness (QED) is 0.169. The molecule has 5 nitrogen and oxygen atoms in total. The molecular weight excluding hydrogens is 671 g/mol. The first-order valence-corrected chi connectivity index (χ1v) is 18.3. The van der Waals surface area contributed by atoms with Crippen molar-refractivity contribution in [1.82, 2.24) is 13.7 Å². The minimum absolute atomic E-state index is 0.328. The highest BCUT2D eigenvalue weighted by molar-refractivity contribution is 6.14. The van der Waals surface area contributed by atoms with E-state index in [9.17, 15) is 5.26 Å². The summed E-state index contributed by atoms with van der Waals surface area (Å²) in [5.74, 6) is 0. The number of fused-ring (bicyclic) bond motifs is 9. The third-order valence-corrected chi connectivity index (χ3v) is 11.1. The third-order valence-electron chi connectivity index (χ3n) is 11.1. The zero-order valence-corrected chi connectivity index (χ0v) is 29.5. The first-order valence-electron chi connectivity index (χ1n) is 18.3. The van der Waals surface area contributed by atoms with Crippen LogP contribution < -0.4 is 0 Å². The van der Waals surface area contributed by atoms with Gasteiger partial charge in [-0.15, -0.1) is 0 Å². The third kappa shape index (κ3) is 4.39. The molecule has 0 bridgehead atoms. The van der Waals surface area contributed by atoms with Gasteiger partial charge in [0.25, 0.3) is 0 Å². The maximum absolute atomic E-state index is 10.8. The zero-order valence-electron chi connectivity index (χ0n) is 29.5. The van der Waals surface area contributed by atoms with Gasteiger partial charge in [0.05, 0.1) is 62.7 Å². The number of nitrogens with zero attached hydrogens (tertiary/aromatic N) is 5. The van der Waals surface area contributed by atoms with Gasteiger partial charge in [-0.2, -0.15) is 5.26 Å². The van der Waals surface area contributed by atoms with Crippen LogP contribution in [0.15, 0.2) is 176 Å². The van der Waals surface area contributed by atoms with Crippen molar-refractivity contribution in [2.24, 2.45) is 0 Å². The number of nitriles is 1. The molecule has 0 aliphatic heterocycles. The molecule has 0 N–H and O–H groups in total. The second kappa shape index (κ2) is 11.8. The molecule has 0 aliphatic carbocycles. The van der Waals surface area contributed by atoms with Crippen LogP contribution in [0.3, 0.4) is 0 Å². The van der Waals surface area contributed by atoms with Gasteiger partial charge in [-0.3, -0.25) is 0 Å². The lowest BCUT2D eigenvalue weighted by molar-refractivity contribution is 1.09. The Balaban J connectivity index is 1.18. The summed E-state index contributed by atoms with van der Waals surface area (Å²) in [5.41, 5.74) is 11.9. The lowest BCUT2D eigenvalue weighted by Crippen LogP contribution is -2.06. The molecule has 0 amide bonds. The molecule has 0 radical (unpaired) electrons. The van der Waals surface area contributed by atoms with Crippen LogP contribution in [0.1, 0.15) is 5.56 Å². The molecule has 0 unspecified atom stereocenters. The number of hydrogen-bond acceptors (Lipinski definition) is 1. The summed E-state index contributed by atoms with van der Waals surface area (Å²) in [5, 5.41) is 17.6. The van der Waals surface area contributed by atoms with Crippen molar-refractivity contribution in [3.8, 4) is 34.3 Å². The van der Waals surface area contributed by atoms with Gasteiger partial charge in [0.2, 0.25) is 5.69 Å². The molecule has 11 rings (SSSR count). The van der Waals surface area contributed by atoms with Crippen molar-refractivity contribution < 1.29 is 0 Å². The first kappa shape index (κ1) is 30.7. The van der Waals surface area contributed by atoms with Gasteiger partial charge in [0, 0.05) is 38.0 Å². The van der Waals surface area contributed by atoms with Gasteiger partial charge in [0.1, 0.15) is 0 Å². The number of rotatable bonds is 4. The molecular formula is C50H29N5. The fourth-order valence-corrected chi connectivity index (χ4v) is 8.76. The number of benzene rings is 8. The van der Waals surface area contributed by atoms with Crippen molar-refractivity contribution in [2.45, 2.75) is 0 Å². The Bertz CT molecular complexity index is 3400. The van der Waals surface area contributed by atoms with Crippen LogP contribution in [0.4, 0.5) is 5.69 Å². The highest BCUT2D eigenvalue weighted by Gasteiger charge is 2.24. The Kier molecular flexibility index (Phi) is 6.61. The SMILES string of the molecule is [C-]#[N+]c1ccc(-n2c3ccccc3c3cc(-c4ccc5c6ccccc6n(-c6ccccc6)c5c4)ccc32)c(-n2c3ccccc3c3ccccc32)c1C#N. The Morgan fingerprint density at radius 2 is 0.909 bits per heavy atom. The maximum atomic E-state index is 10.8. The first-order chi connectivity index (χ1) is 27.2. The van der Waals surface area contributed by atoms with Crippen molar-refractivity contribution in [3.63, 3.8) is 0 Å². The second-order valence-electron chi connectivity index (χ2n) is 13.9. The summed E-state index contributed by atoms with van der Waals surface area (Å²) in [6.07, 6.45) is 0. The molecule has 254 valence electrons. The molecule has 0 aliphatic rings. The summed E-state index contributed by atoms with van der Waals surface area (Å²) < 4.78 is 6.79. The predicted octanol–water partition coefficient (Wildman–Crippen LogP) is 13.1. The lowest BCUT2D eigenvalue weighted by atomic mass is 10.0.